The summed E-state index contributed by atoms with van der Waals surface area (Å²) in [6.45, 7) is 5.70. The first-order valence-corrected chi connectivity index (χ1v) is 7.79. The number of hydrogen-bond acceptors (Lipinski definition) is 3. The third-order valence-corrected chi connectivity index (χ3v) is 4.51. The third-order valence-electron chi connectivity index (χ3n) is 4.02. The Morgan fingerprint density at radius 1 is 1.47 bits per heavy atom. The van der Waals surface area contributed by atoms with Crippen LogP contribution in [0.3, 0.4) is 0 Å². The van der Waals surface area contributed by atoms with E-state index in [1.807, 2.05) is 12.1 Å². The van der Waals surface area contributed by atoms with Gasteiger partial charge >= 0.3 is 0 Å². The van der Waals surface area contributed by atoms with Crippen molar-refractivity contribution in [3.63, 3.8) is 0 Å². The fraction of sp³-hybridized carbons (Fsp3) is 0.600. The van der Waals surface area contributed by atoms with Gasteiger partial charge in [0.2, 0.25) is 0 Å². The Balaban J connectivity index is 2.11. The molecule has 3 nitrogen and oxygen atoms in total. The van der Waals surface area contributed by atoms with Crippen LogP contribution in [0.4, 0.5) is 5.69 Å². The fourth-order valence-electron chi connectivity index (χ4n) is 2.96. The van der Waals surface area contributed by atoms with Gasteiger partial charge in [-0.2, -0.15) is 0 Å². The molecule has 0 aliphatic carbocycles. The van der Waals surface area contributed by atoms with Crippen LogP contribution in [-0.2, 0) is 6.61 Å². The van der Waals surface area contributed by atoms with Gasteiger partial charge in [-0.15, -0.1) is 0 Å². The highest BCUT2D eigenvalue weighted by Gasteiger charge is 2.24. The largest absolute Gasteiger partial charge is 0.392 e. The zero-order valence-electron chi connectivity index (χ0n) is 11.8. The van der Waals surface area contributed by atoms with Crippen molar-refractivity contribution in [2.24, 2.45) is 0 Å². The lowest BCUT2D eigenvalue weighted by atomic mass is 10.1. The lowest BCUT2D eigenvalue weighted by Crippen LogP contribution is -2.39. The van der Waals surface area contributed by atoms with Gasteiger partial charge < -0.3 is 10.0 Å². The molecule has 1 atom stereocenters. The minimum atomic E-state index is 0.0924. The molecule has 0 radical (unpaired) electrons. The first-order valence-electron chi connectivity index (χ1n) is 7.00. The molecule has 1 fully saturated rings. The van der Waals surface area contributed by atoms with E-state index in [0.29, 0.717) is 6.04 Å². The number of benzene rings is 1. The van der Waals surface area contributed by atoms with Crippen LogP contribution in [0.2, 0.25) is 0 Å². The molecule has 0 spiro atoms. The third kappa shape index (κ3) is 3.50. The maximum absolute atomic E-state index is 9.46. The number of rotatable bonds is 5. The summed E-state index contributed by atoms with van der Waals surface area (Å²) in [6, 6.07) is 6.70. The second-order valence-electron chi connectivity index (χ2n) is 5.24. The van der Waals surface area contributed by atoms with Crippen molar-refractivity contribution in [3.8, 4) is 0 Å². The van der Waals surface area contributed by atoms with E-state index in [-0.39, 0.29) is 6.61 Å². The first-order chi connectivity index (χ1) is 9.15. The molecule has 1 unspecified atom stereocenters. The number of hydrogen-bond donors (Lipinski definition) is 1. The lowest BCUT2D eigenvalue weighted by molar-refractivity contribution is 0.269. The maximum Gasteiger partial charge on any atom is 0.0702 e. The number of aliphatic hydroxyl groups excluding tert-OH is 1. The fourth-order valence-corrected chi connectivity index (χ4v) is 3.31. The summed E-state index contributed by atoms with van der Waals surface area (Å²) in [5.74, 6) is 0. The topological polar surface area (TPSA) is 26.7 Å². The Labute approximate surface area is 124 Å². The van der Waals surface area contributed by atoms with E-state index in [0.717, 1.165) is 28.8 Å². The summed E-state index contributed by atoms with van der Waals surface area (Å²) >= 11 is 3.51. The highest BCUT2D eigenvalue weighted by Crippen LogP contribution is 2.26. The molecule has 1 N–H and O–H groups in total. The van der Waals surface area contributed by atoms with E-state index in [4.69, 9.17) is 0 Å². The van der Waals surface area contributed by atoms with Gasteiger partial charge in [0.15, 0.2) is 0 Å². The molecule has 1 saturated heterocycles. The van der Waals surface area contributed by atoms with Crippen LogP contribution < -0.4 is 4.90 Å². The van der Waals surface area contributed by atoms with Crippen LogP contribution in [0, 0.1) is 0 Å². The molecule has 1 aromatic rings. The Morgan fingerprint density at radius 3 is 2.95 bits per heavy atom. The summed E-state index contributed by atoms with van der Waals surface area (Å²) < 4.78 is 1.06. The average molecular weight is 327 g/mol. The number of anilines is 1. The van der Waals surface area contributed by atoms with Crippen molar-refractivity contribution in [1.29, 1.82) is 0 Å². The molecule has 0 amide bonds. The van der Waals surface area contributed by atoms with Crippen LogP contribution in [0.1, 0.15) is 25.3 Å². The molecule has 1 aromatic carbocycles. The molecule has 0 saturated carbocycles. The van der Waals surface area contributed by atoms with Gasteiger partial charge in [0.1, 0.15) is 0 Å². The number of halogens is 1. The van der Waals surface area contributed by atoms with Gasteiger partial charge in [-0.1, -0.05) is 28.9 Å². The quantitative estimate of drug-likeness (QED) is 0.901. The Hall–Kier alpha value is -0.580. The Morgan fingerprint density at radius 2 is 2.26 bits per heavy atom. The molecular formula is C15H23BrN2O. The minimum Gasteiger partial charge on any atom is -0.392 e. The van der Waals surface area contributed by atoms with Crippen molar-refractivity contribution in [2.75, 3.05) is 31.6 Å². The number of likely N-dealkylation sites (tertiary alicyclic amines) is 1. The summed E-state index contributed by atoms with van der Waals surface area (Å²) in [6.07, 6.45) is 2.58. The Bertz CT molecular complexity index is 425. The molecule has 2 rings (SSSR count). The molecule has 1 heterocycles. The molecular weight excluding hydrogens is 304 g/mol. The average Bonchev–Trinajstić information content (AvgIpc) is 2.85. The predicted molar refractivity (Wildman–Crippen MR) is 83.6 cm³/mol. The molecule has 1 aliphatic rings. The zero-order chi connectivity index (χ0) is 13.8. The van der Waals surface area contributed by atoms with E-state index in [1.54, 1.807) is 0 Å². The van der Waals surface area contributed by atoms with Crippen molar-refractivity contribution in [3.05, 3.63) is 28.2 Å². The number of likely N-dealkylation sites (N-methyl/N-ethyl adjacent to an activating group) is 2. The van der Waals surface area contributed by atoms with E-state index < -0.39 is 0 Å². The van der Waals surface area contributed by atoms with Crippen LogP contribution >= 0.6 is 15.9 Å². The van der Waals surface area contributed by atoms with E-state index >= 15 is 0 Å². The van der Waals surface area contributed by atoms with Crippen molar-refractivity contribution >= 4 is 21.6 Å². The maximum atomic E-state index is 9.46. The monoisotopic (exact) mass is 326 g/mol. The van der Waals surface area contributed by atoms with Crippen molar-refractivity contribution < 1.29 is 5.11 Å². The van der Waals surface area contributed by atoms with Gasteiger partial charge in [0.25, 0.3) is 0 Å². The summed E-state index contributed by atoms with van der Waals surface area (Å²) in [5, 5.41) is 9.46. The first kappa shape index (κ1) is 14.8. The summed E-state index contributed by atoms with van der Waals surface area (Å²) in [4.78, 5) is 4.82. The Kier molecular flexibility index (Phi) is 5.25. The van der Waals surface area contributed by atoms with E-state index in [2.05, 4.69) is 45.8 Å². The molecule has 106 valence electrons. The van der Waals surface area contributed by atoms with Gasteiger partial charge in [-0.05, 0) is 38.1 Å². The smallest absolute Gasteiger partial charge is 0.0702 e. The lowest BCUT2D eigenvalue weighted by Gasteiger charge is -2.30. The summed E-state index contributed by atoms with van der Waals surface area (Å²) in [5.41, 5.74) is 2.12. The van der Waals surface area contributed by atoms with Gasteiger partial charge in [0.05, 0.1) is 6.61 Å². The van der Waals surface area contributed by atoms with Crippen LogP contribution in [-0.4, -0.2) is 42.7 Å². The van der Waals surface area contributed by atoms with E-state index in [1.165, 1.54) is 19.4 Å². The number of nitrogens with zero attached hydrogens (tertiary/aromatic N) is 2. The van der Waals surface area contributed by atoms with Crippen LogP contribution in [0.5, 0.6) is 0 Å². The minimum absolute atomic E-state index is 0.0924. The SMILES string of the molecule is CCN1CCCC1CN(C)c1cc(Br)ccc1CO. The molecule has 0 bridgehead atoms. The normalized spacial score (nSPS) is 19.9. The zero-order valence-corrected chi connectivity index (χ0v) is 13.4. The van der Waals surface area contributed by atoms with Crippen molar-refractivity contribution in [2.45, 2.75) is 32.4 Å². The number of aliphatic hydroxyl groups is 1. The highest BCUT2D eigenvalue weighted by molar-refractivity contribution is 9.10. The summed E-state index contributed by atoms with van der Waals surface area (Å²) in [7, 11) is 2.12. The molecule has 4 heteroatoms. The molecule has 1 aliphatic heterocycles. The van der Waals surface area contributed by atoms with Gasteiger partial charge in [-0.25, -0.2) is 0 Å². The van der Waals surface area contributed by atoms with Crippen LogP contribution in [0.15, 0.2) is 22.7 Å². The highest BCUT2D eigenvalue weighted by atomic mass is 79.9. The van der Waals surface area contributed by atoms with Gasteiger partial charge in [-0.3, -0.25) is 4.90 Å². The van der Waals surface area contributed by atoms with Crippen LogP contribution in [0.25, 0.3) is 0 Å². The second kappa shape index (κ2) is 6.73. The second-order valence-corrected chi connectivity index (χ2v) is 6.15. The van der Waals surface area contributed by atoms with Crippen molar-refractivity contribution in [1.82, 2.24) is 4.90 Å². The predicted octanol–water partition coefficient (Wildman–Crippen LogP) is 2.86. The van der Waals surface area contributed by atoms with E-state index in [9.17, 15) is 5.11 Å². The molecule has 0 aromatic heterocycles. The standard InChI is InChI=1S/C15H23BrN2O/c1-3-18-8-4-5-14(18)10-17(2)15-9-13(16)7-6-12(15)11-19/h6-7,9,14,19H,3-5,8,10-11H2,1-2H3. The van der Waals surface area contributed by atoms with Gasteiger partial charge in [0, 0.05) is 35.4 Å². The molecule has 19 heavy (non-hydrogen) atoms.